The van der Waals surface area contributed by atoms with Gasteiger partial charge in [-0.05, 0) is 49.1 Å². The maximum atomic E-state index is 13.4. The molecule has 1 heterocycles. The van der Waals surface area contributed by atoms with Crippen molar-refractivity contribution in [2.45, 2.75) is 19.4 Å². The van der Waals surface area contributed by atoms with E-state index in [-0.39, 0.29) is 5.91 Å². The largest absolute Gasteiger partial charge is 0.352 e. The van der Waals surface area contributed by atoms with E-state index in [1.807, 2.05) is 6.07 Å². The first kappa shape index (κ1) is 18.1. The molecular weight excluding hydrogens is 383 g/mol. The zero-order valence-corrected chi connectivity index (χ0v) is 15.6. The molecule has 1 unspecified atom stereocenters. The van der Waals surface area contributed by atoms with Gasteiger partial charge in [-0.3, -0.25) is 9.69 Å². The van der Waals surface area contributed by atoms with Gasteiger partial charge in [0.05, 0.1) is 0 Å². The van der Waals surface area contributed by atoms with Gasteiger partial charge in [0.1, 0.15) is 5.82 Å². The highest BCUT2D eigenvalue weighted by Gasteiger charge is 2.20. The Labute approximate surface area is 156 Å². The standard InChI is InChI=1S/C20H22BrFN2O/c21-18-9-17(10-19(22)11-18)20(25)23-12-16-7-4-8-24(14-16)13-15-5-2-1-3-6-15/h1-3,5-6,9-11,16H,4,7-8,12-14H2,(H,23,25). The Balaban J connectivity index is 1.51. The fraction of sp³-hybridized carbons (Fsp3) is 0.350. The predicted octanol–water partition coefficient (Wildman–Crippen LogP) is 4.23. The van der Waals surface area contributed by atoms with Crippen LogP contribution in [-0.4, -0.2) is 30.4 Å². The molecule has 3 nitrogen and oxygen atoms in total. The van der Waals surface area contributed by atoms with Gasteiger partial charge in [0.15, 0.2) is 0 Å². The Bertz CT molecular complexity index is 703. The lowest BCUT2D eigenvalue weighted by atomic mass is 9.97. The number of amides is 1. The van der Waals surface area contributed by atoms with Gasteiger partial charge in [-0.2, -0.15) is 0 Å². The monoisotopic (exact) mass is 404 g/mol. The van der Waals surface area contributed by atoms with Crippen LogP contribution in [0.3, 0.4) is 0 Å². The summed E-state index contributed by atoms with van der Waals surface area (Å²) in [5.41, 5.74) is 1.67. The van der Waals surface area contributed by atoms with Crippen molar-refractivity contribution in [1.29, 1.82) is 0 Å². The van der Waals surface area contributed by atoms with Crippen LogP contribution >= 0.6 is 15.9 Å². The maximum absolute atomic E-state index is 13.4. The van der Waals surface area contributed by atoms with Gasteiger partial charge in [0.2, 0.25) is 0 Å². The van der Waals surface area contributed by atoms with Gasteiger partial charge in [0, 0.05) is 29.7 Å². The van der Waals surface area contributed by atoms with Crippen molar-refractivity contribution in [3.8, 4) is 0 Å². The van der Waals surface area contributed by atoms with Crippen molar-refractivity contribution in [3.05, 3.63) is 69.9 Å². The summed E-state index contributed by atoms with van der Waals surface area (Å²) in [5, 5.41) is 2.95. The summed E-state index contributed by atoms with van der Waals surface area (Å²) in [6.07, 6.45) is 2.25. The number of benzene rings is 2. The molecule has 3 rings (SSSR count). The fourth-order valence-corrected chi connectivity index (χ4v) is 3.79. The molecule has 0 spiro atoms. The third kappa shape index (κ3) is 5.38. The Morgan fingerprint density at radius 3 is 2.80 bits per heavy atom. The van der Waals surface area contributed by atoms with Crippen molar-refractivity contribution in [1.82, 2.24) is 10.2 Å². The van der Waals surface area contributed by atoms with Crippen LogP contribution in [0, 0.1) is 11.7 Å². The number of carbonyl (C=O) groups is 1. The average molecular weight is 405 g/mol. The number of nitrogens with one attached hydrogen (secondary N) is 1. The SMILES string of the molecule is O=C(NCC1CCCN(Cc2ccccc2)C1)c1cc(F)cc(Br)c1. The Hall–Kier alpha value is -1.72. The Morgan fingerprint density at radius 1 is 1.24 bits per heavy atom. The number of carbonyl (C=O) groups excluding carboxylic acids is 1. The van der Waals surface area contributed by atoms with Crippen LogP contribution in [-0.2, 0) is 6.54 Å². The number of nitrogens with zero attached hydrogens (tertiary/aromatic N) is 1. The Morgan fingerprint density at radius 2 is 2.04 bits per heavy atom. The van der Waals surface area contributed by atoms with Crippen LogP contribution in [0.2, 0.25) is 0 Å². The summed E-state index contributed by atoms with van der Waals surface area (Å²) in [4.78, 5) is 14.7. The van der Waals surface area contributed by atoms with Crippen LogP contribution < -0.4 is 5.32 Å². The zero-order valence-electron chi connectivity index (χ0n) is 14.1. The first-order valence-corrected chi connectivity index (χ1v) is 9.40. The molecule has 2 aromatic rings. The highest BCUT2D eigenvalue weighted by molar-refractivity contribution is 9.10. The summed E-state index contributed by atoms with van der Waals surface area (Å²) >= 11 is 3.22. The molecule has 0 aliphatic carbocycles. The molecule has 1 aliphatic rings. The van der Waals surface area contributed by atoms with Crippen molar-refractivity contribution >= 4 is 21.8 Å². The fourth-order valence-electron chi connectivity index (χ4n) is 3.33. The highest BCUT2D eigenvalue weighted by atomic mass is 79.9. The molecule has 1 fully saturated rings. The molecule has 0 radical (unpaired) electrons. The van der Waals surface area contributed by atoms with Crippen LogP contribution in [0.1, 0.15) is 28.8 Å². The van der Waals surface area contributed by atoms with Gasteiger partial charge in [-0.1, -0.05) is 46.3 Å². The van der Waals surface area contributed by atoms with Crippen LogP contribution in [0.5, 0.6) is 0 Å². The topological polar surface area (TPSA) is 32.3 Å². The van der Waals surface area contributed by atoms with Gasteiger partial charge in [0.25, 0.3) is 5.91 Å². The first-order valence-electron chi connectivity index (χ1n) is 8.61. The van der Waals surface area contributed by atoms with E-state index in [9.17, 15) is 9.18 Å². The number of piperidine rings is 1. The molecule has 5 heteroatoms. The second-order valence-electron chi connectivity index (χ2n) is 6.60. The smallest absolute Gasteiger partial charge is 0.251 e. The minimum atomic E-state index is -0.411. The number of rotatable bonds is 5. The third-order valence-corrected chi connectivity index (χ3v) is 4.99. The molecule has 0 saturated carbocycles. The lowest BCUT2D eigenvalue weighted by Gasteiger charge is -2.32. The molecule has 0 bridgehead atoms. The first-order chi connectivity index (χ1) is 12.1. The molecule has 1 N–H and O–H groups in total. The van der Waals surface area contributed by atoms with Crippen molar-refractivity contribution < 1.29 is 9.18 Å². The van der Waals surface area contributed by atoms with E-state index in [0.717, 1.165) is 32.5 Å². The second-order valence-corrected chi connectivity index (χ2v) is 7.51. The number of halogens is 2. The Kier molecular flexibility index (Phi) is 6.21. The van der Waals surface area contributed by atoms with E-state index in [2.05, 4.69) is 50.4 Å². The van der Waals surface area contributed by atoms with E-state index >= 15 is 0 Å². The van der Waals surface area contributed by atoms with Crippen LogP contribution in [0.25, 0.3) is 0 Å². The summed E-state index contributed by atoms with van der Waals surface area (Å²) in [5.74, 6) is -0.204. The molecule has 132 valence electrons. The second kappa shape index (κ2) is 8.59. The van der Waals surface area contributed by atoms with Crippen molar-refractivity contribution in [3.63, 3.8) is 0 Å². The summed E-state index contributed by atoms with van der Waals surface area (Å²) in [6.45, 7) is 3.64. The van der Waals surface area contributed by atoms with E-state index < -0.39 is 5.82 Å². The molecule has 1 atom stereocenters. The van der Waals surface area contributed by atoms with E-state index in [0.29, 0.717) is 22.5 Å². The number of hydrogen-bond donors (Lipinski definition) is 1. The van der Waals surface area contributed by atoms with E-state index in [4.69, 9.17) is 0 Å². The summed E-state index contributed by atoms with van der Waals surface area (Å²) < 4.78 is 14.0. The minimum absolute atomic E-state index is 0.222. The highest BCUT2D eigenvalue weighted by Crippen LogP contribution is 2.19. The summed E-state index contributed by atoms with van der Waals surface area (Å²) in [7, 11) is 0. The molecule has 2 aromatic carbocycles. The predicted molar refractivity (Wildman–Crippen MR) is 101 cm³/mol. The molecule has 25 heavy (non-hydrogen) atoms. The quantitative estimate of drug-likeness (QED) is 0.808. The molecular formula is C20H22BrFN2O. The number of hydrogen-bond acceptors (Lipinski definition) is 2. The van der Waals surface area contributed by atoms with Gasteiger partial charge in [-0.25, -0.2) is 4.39 Å². The normalized spacial score (nSPS) is 18.1. The van der Waals surface area contributed by atoms with Crippen LogP contribution in [0.4, 0.5) is 4.39 Å². The molecule has 1 aliphatic heterocycles. The minimum Gasteiger partial charge on any atom is -0.352 e. The van der Waals surface area contributed by atoms with Gasteiger partial charge >= 0.3 is 0 Å². The van der Waals surface area contributed by atoms with E-state index in [1.165, 1.54) is 17.7 Å². The van der Waals surface area contributed by atoms with Crippen molar-refractivity contribution in [2.24, 2.45) is 5.92 Å². The molecule has 0 aromatic heterocycles. The molecule has 1 amide bonds. The summed E-state index contributed by atoms with van der Waals surface area (Å²) in [6, 6.07) is 14.7. The zero-order chi connectivity index (χ0) is 17.6. The maximum Gasteiger partial charge on any atom is 0.251 e. The van der Waals surface area contributed by atoms with Gasteiger partial charge < -0.3 is 5.32 Å². The third-order valence-electron chi connectivity index (χ3n) is 4.53. The lowest BCUT2D eigenvalue weighted by Crippen LogP contribution is -2.40. The van der Waals surface area contributed by atoms with Crippen LogP contribution in [0.15, 0.2) is 53.0 Å². The van der Waals surface area contributed by atoms with E-state index in [1.54, 1.807) is 6.07 Å². The van der Waals surface area contributed by atoms with Gasteiger partial charge in [-0.15, -0.1) is 0 Å². The average Bonchev–Trinajstić information content (AvgIpc) is 2.60. The lowest BCUT2D eigenvalue weighted by molar-refractivity contribution is 0.0930. The number of likely N-dealkylation sites (tertiary alicyclic amines) is 1. The van der Waals surface area contributed by atoms with Crippen molar-refractivity contribution in [2.75, 3.05) is 19.6 Å². The molecule has 1 saturated heterocycles.